The number of non-ortho nitro benzene ring substituents is 1. The molecule has 0 radical (unpaired) electrons. The van der Waals surface area contributed by atoms with Gasteiger partial charge < -0.3 is 9.47 Å². The van der Waals surface area contributed by atoms with E-state index in [1.807, 2.05) is 36.4 Å². The molecule has 2 aromatic carbocycles. The van der Waals surface area contributed by atoms with Crippen molar-refractivity contribution in [3.8, 4) is 0 Å². The van der Waals surface area contributed by atoms with E-state index in [4.69, 9.17) is 14.3 Å². The molecular formula is C23H26N2O6. The third-order valence-electron chi connectivity index (χ3n) is 4.44. The van der Waals surface area contributed by atoms with Gasteiger partial charge in [0.05, 0.1) is 18.1 Å². The van der Waals surface area contributed by atoms with E-state index >= 15 is 0 Å². The molecule has 0 bridgehead atoms. The van der Waals surface area contributed by atoms with Crippen molar-refractivity contribution in [2.75, 3.05) is 6.61 Å². The first kappa shape index (κ1) is 22.5. The zero-order valence-electron chi connectivity index (χ0n) is 17.8. The van der Waals surface area contributed by atoms with Crippen LogP contribution in [0, 0.1) is 10.1 Å². The summed E-state index contributed by atoms with van der Waals surface area (Å²) in [5, 5.41) is 12.1. The molecular weight excluding hydrogens is 400 g/mol. The molecule has 164 valence electrons. The molecule has 31 heavy (non-hydrogen) atoms. The molecule has 0 spiro atoms. The monoisotopic (exact) mass is 426 g/mol. The predicted octanol–water partition coefficient (Wildman–Crippen LogP) is 4.96. The van der Waals surface area contributed by atoms with E-state index in [1.54, 1.807) is 39.0 Å². The maximum absolute atomic E-state index is 12.8. The molecule has 0 N–H and O–H groups in total. The van der Waals surface area contributed by atoms with Crippen molar-refractivity contribution in [2.24, 2.45) is 0 Å². The summed E-state index contributed by atoms with van der Waals surface area (Å²) in [6, 6.07) is 15.3. The Hall–Kier alpha value is -3.23. The summed E-state index contributed by atoms with van der Waals surface area (Å²) >= 11 is 0. The lowest BCUT2D eigenvalue weighted by molar-refractivity contribution is -0.384. The van der Waals surface area contributed by atoms with Crippen molar-refractivity contribution >= 4 is 11.8 Å². The van der Waals surface area contributed by atoms with Crippen molar-refractivity contribution in [1.29, 1.82) is 0 Å². The van der Waals surface area contributed by atoms with Gasteiger partial charge in [-0.2, -0.15) is 5.06 Å². The van der Waals surface area contributed by atoms with Crippen LogP contribution in [0.25, 0.3) is 0 Å². The van der Waals surface area contributed by atoms with Crippen LogP contribution in [0.5, 0.6) is 0 Å². The molecule has 0 aliphatic carbocycles. The Labute approximate surface area is 181 Å². The molecule has 0 fully saturated rings. The largest absolute Gasteiger partial charge is 0.442 e. The summed E-state index contributed by atoms with van der Waals surface area (Å²) in [5.74, 6) is 0. The second-order valence-corrected chi connectivity index (χ2v) is 8.13. The molecule has 0 unspecified atom stereocenters. The van der Waals surface area contributed by atoms with Gasteiger partial charge in [0.1, 0.15) is 17.7 Å². The highest BCUT2D eigenvalue weighted by Crippen LogP contribution is 2.29. The van der Waals surface area contributed by atoms with Crippen molar-refractivity contribution in [3.05, 3.63) is 88.0 Å². The fourth-order valence-electron chi connectivity index (χ4n) is 2.98. The zero-order valence-corrected chi connectivity index (χ0v) is 17.8. The number of carbonyl (C=O) groups is 1. The van der Waals surface area contributed by atoms with Gasteiger partial charge in [0.25, 0.3) is 5.69 Å². The van der Waals surface area contributed by atoms with Crippen LogP contribution < -0.4 is 0 Å². The Kier molecular flexibility index (Phi) is 7.04. The van der Waals surface area contributed by atoms with Gasteiger partial charge in [-0.3, -0.25) is 15.0 Å². The van der Waals surface area contributed by atoms with Gasteiger partial charge in [-0.1, -0.05) is 42.5 Å². The quantitative estimate of drug-likeness (QED) is 0.368. The Morgan fingerprint density at radius 2 is 1.77 bits per heavy atom. The van der Waals surface area contributed by atoms with Gasteiger partial charge >= 0.3 is 6.09 Å². The second-order valence-electron chi connectivity index (χ2n) is 8.13. The molecule has 0 aromatic heterocycles. The Morgan fingerprint density at radius 1 is 1.10 bits per heavy atom. The second kappa shape index (κ2) is 9.72. The molecule has 8 heteroatoms. The number of ether oxygens (including phenoxy) is 2. The molecule has 2 aromatic rings. The zero-order chi connectivity index (χ0) is 22.4. The summed E-state index contributed by atoms with van der Waals surface area (Å²) in [6.07, 6.45) is 2.42. The van der Waals surface area contributed by atoms with Crippen molar-refractivity contribution < 1.29 is 24.0 Å². The molecule has 8 nitrogen and oxygen atoms in total. The minimum atomic E-state index is -0.695. The van der Waals surface area contributed by atoms with Gasteiger partial charge in [0, 0.05) is 12.1 Å². The molecule has 0 saturated carbocycles. The normalized spacial score (nSPS) is 18.6. The molecule has 1 amide bonds. The molecule has 1 heterocycles. The third-order valence-corrected chi connectivity index (χ3v) is 4.44. The summed E-state index contributed by atoms with van der Waals surface area (Å²) in [7, 11) is 0. The molecule has 2 atom stereocenters. The van der Waals surface area contributed by atoms with E-state index in [1.165, 1.54) is 17.2 Å². The summed E-state index contributed by atoms with van der Waals surface area (Å²) in [4.78, 5) is 29.1. The van der Waals surface area contributed by atoms with Gasteiger partial charge in [-0.25, -0.2) is 4.79 Å². The fourth-order valence-corrected chi connectivity index (χ4v) is 2.98. The topological polar surface area (TPSA) is 91.1 Å². The number of nitro benzene ring substituents is 1. The highest BCUT2D eigenvalue weighted by molar-refractivity contribution is 5.68. The van der Waals surface area contributed by atoms with Crippen LogP contribution in [0.3, 0.4) is 0 Å². The summed E-state index contributed by atoms with van der Waals surface area (Å²) in [5.41, 5.74) is 0.995. The lowest BCUT2D eigenvalue weighted by Crippen LogP contribution is -2.46. The average Bonchev–Trinajstić information content (AvgIpc) is 2.73. The van der Waals surface area contributed by atoms with Crippen LogP contribution >= 0.6 is 0 Å². The molecule has 0 saturated heterocycles. The number of nitrogens with zero attached hydrogens (tertiary/aromatic N) is 2. The lowest BCUT2D eigenvalue weighted by atomic mass is 10.1. The molecule has 1 aliphatic rings. The lowest BCUT2D eigenvalue weighted by Gasteiger charge is -2.35. The number of hydrogen-bond donors (Lipinski definition) is 0. The van der Waals surface area contributed by atoms with E-state index in [2.05, 4.69) is 0 Å². The number of hydroxylamine groups is 2. The van der Waals surface area contributed by atoms with Crippen molar-refractivity contribution in [2.45, 2.75) is 45.1 Å². The minimum Gasteiger partial charge on any atom is -0.442 e. The SMILES string of the molecule is CC(C)(C)OC(=O)N1O[C@H](c2ccc([N+](=O)[O-])cc2)C=C[C@@H]1COCc1ccccc1. The third kappa shape index (κ3) is 6.37. The molecule has 3 rings (SSSR count). The number of benzene rings is 2. The average molecular weight is 426 g/mol. The first-order valence-corrected chi connectivity index (χ1v) is 9.96. The first-order valence-electron chi connectivity index (χ1n) is 9.96. The molecule has 1 aliphatic heterocycles. The smallest absolute Gasteiger partial charge is 0.435 e. The first-order chi connectivity index (χ1) is 14.7. The van der Waals surface area contributed by atoms with E-state index < -0.39 is 28.8 Å². The number of carbonyl (C=O) groups excluding carboxylic acids is 1. The maximum atomic E-state index is 12.8. The van der Waals surface area contributed by atoms with Crippen molar-refractivity contribution in [1.82, 2.24) is 5.06 Å². The van der Waals surface area contributed by atoms with E-state index in [9.17, 15) is 14.9 Å². The standard InChI is InChI=1S/C23H26N2O6/c1-23(2,3)30-22(26)24-20(16-29-15-17-7-5-4-6-8-17)13-14-21(31-24)18-9-11-19(12-10-18)25(27)28/h4-14,20-21H,15-16H2,1-3H3/t20-,21+/m1/s1. The Balaban J connectivity index is 1.73. The van der Waals surface area contributed by atoms with Crippen LogP contribution in [0.1, 0.15) is 38.0 Å². The summed E-state index contributed by atoms with van der Waals surface area (Å²) < 4.78 is 11.3. The van der Waals surface area contributed by atoms with Crippen LogP contribution in [0.2, 0.25) is 0 Å². The van der Waals surface area contributed by atoms with Crippen LogP contribution in [0.15, 0.2) is 66.7 Å². The Bertz CT molecular complexity index is 921. The number of amides is 1. The number of nitro groups is 1. The number of rotatable bonds is 6. The van der Waals surface area contributed by atoms with Crippen LogP contribution in [-0.2, 0) is 20.9 Å². The predicted molar refractivity (Wildman–Crippen MR) is 114 cm³/mol. The van der Waals surface area contributed by atoms with E-state index in [0.29, 0.717) is 12.2 Å². The fraction of sp³-hybridized carbons (Fsp3) is 0.348. The maximum Gasteiger partial charge on any atom is 0.435 e. The summed E-state index contributed by atoms with van der Waals surface area (Å²) in [6.45, 7) is 5.95. The van der Waals surface area contributed by atoms with Crippen LogP contribution in [-0.4, -0.2) is 34.3 Å². The van der Waals surface area contributed by atoms with E-state index in [0.717, 1.165) is 5.56 Å². The number of hydrogen-bond acceptors (Lipinski definition) is 6. The highest BCUT2D eigenvalue weighted by atomic mass is 16.7. The van der Waals surface area contributed by atoms with Crippen LogP contribution in [0.4, 0.5) is 10.5 Å². The minimum absolute atomic E-state index is 0.0141. The van der Waals surface area contributed by atoms with Gasteiger partial charge in [-0.15, -0.1) is 0 Å². The highest BCUT2D eigenvalue weighted by Gasteiger charge is 2.33. The Morgan fingerprint density at radius 3 is 2.39 bits per heavy atom. The van der Waals surface area contributed by atoms with Crippen molar-refractivity contribution in [3.63, 3.8) is 0 Å². The van der Waals surface area contributed by atoms with Gasteiger partial charge in [0.15, 0.2) is 0 Å². The van der Waals surface area contributed by atoms with Gasteiger partial charge in [-0.05, 0) is 44.0 Å². The van der Waals surface area contributed by atoms with Gasteiger partial charge in [0.2, 0.25) is 0 Å². The van der Waals surface area contributed by atoms with E-state index in [-0.39, 0.29) is 12.3 Å².